The first kappa shape index (κ1) is 25.6. The number of carbonyl (C=O) groups excluding carboxylic acids is 2. The average molecular weight is 497 g/mol. The molecular formula is C23H17F6N3O3. The van der Waals surface area contributed by atoms with Crippen LogP contribution in [-0.2, 0) is 4.79 Å². The van der Waals surface area contributed by atoms with Crippen molar-refractivity contribution in [3.63, 3.8) is 0 Å². The zero-order chi connectivity index (χ0) is 25.8. The van der Waals surface area contributed by atoms with Crippen LogP contribution in [0.4, 0.5) is 37.7 Å². The lowest BCUT2D eigenvalue weighted by molar-refractivity contribution is -0.274. The maximum atomic E-state index is 12.7. The zero-order valence-electron chi connectivity index (χ0n) is 17.6. The van der Waals surface area contributed by atoms with E-state index in [1.54, 1.807) is 17.4 Å². The lowest BCUT2D eigenvalue weighted by Gasteiger charge is -2.18. The third-order valence-electron chi connectivity index (χ3n) is 4.61. The van der Waals surface area contributed by atoms with Gasteiger partial charge >= 0.3 is 12.5 Å². The number of halogens is 6. The Morgan fingerprint density at radius 1 is 0.800 bits per heavy atom. The number of nitrogens with two attached hydrogens (primary N) is 1. The van der Waals surface area contributed by atoms with Crippen LogP contribution >= 0.6 is 0 Å². The van der Waals surface area contributed by atoms with Crippen molar-refractivity contribution in [2.75, 3.05) is 10.6 Å². The Hall–Kier alpha value is -4.06. The van der Waals surface area contributed by atoms with Crippen LogP contribution in [0.5, 0.6) is 5.75 Å². The molecule has 35 heavy (non-hydrogen) atoms. The van der Waals surface area contributed by atoms with E-state index in [1.807, 2.05) is 30.3 Å². The highest BCUT2D eigenvalue weighted by Crippen LogP contribution is 2.33. The van der Waals surface area contributed by atoms with Gasteiger partial charge < -0.3 is 21.1 Å². The molecule has 0 heterocycles. The summed E-state index contributed by atoms with van der Waals surface area (Å²) in [6.45, 7) is 0. The number of alkyl halides is 6. The molecule has 184 valence electrons. The number of anilines is 2. The normalized spacial score (nSPS) is 12.5. The van der Waals surface area contributed by atoms with Gasteiger partial charge in [0.1, 0.15) is 0 Å². The molecule has 1 atom stereocenters. The maximum Gasteiger partial charge on any atom is 0.573 e. The fourth-order valence-corrected chi connectivity index (χ4v) is 2.93. The average Bonchev–Trinajstić information content (AvgIpc) is 2.79. The van der Waals surface area contributed by atoms with Gasteiger partial charge in [-0.25, -0.2) is 0 Å². The molecule has 0 aliphatic heterocycles. The third-order valence-corrected chi connectivity index (χ3v) is 4.61. The van der Waals surface area contributed by atoms with Crippen LogP contribution in [0.25, 0.3) is 11.1 Å². The van der Waals surface area contributed by atoms with Gasteiger partial charge in [0.15, 0.2) is 11.8 Å². The zero-order valence-corrected chi connectivity index (χ0v) is 17.6. The summed E-state index contributed by atoms with van der Waals surface area (Å²) in [5.74, 6) is -3.46. The first-order chi connectivity index (χ1) is 16.3. The molecule has 2 amide bonds. The van der Waals surface area contributed by atoms with Gasteiger partial charge in [0.2, 0.25) is 0 Å². The molecule has 3 aromatic carbocycles. The molecule has 0 aliphatic carbocycles. The Morgan fingerprint density at radius 2 is 1.40 bits per heavy atom. The monoisotopic (exact) mass is 497 g/mol. The van der Waals surface area contributed by atoms with Crippen molar-refractivity contribution < 1.29 is 40.7 Å². The Morgan fingerprint density at radius 3 is 1.97 bits per heavy atom. The number of hydrogen-bond acceptors (Lipinski definition) is 4. The summed E-state index contributed by atoms with van der Waals surface area (Å²) in [5, 5.41) is 4.06. The molecule has 6 nitrogen and oxygen atoms in total. The first-order valence-electron chi connectivity index (χ1n) is 9.83. The molecule has 3 rings (SSSR count). The predicted molar refractivity (Wildman–Crippen MR) is 116 cm³/mol. The Balaban J connectivity index is 1.81. The van der Waals surface area contributed by atoms with Gasteiger partial charge in [-0.05, 0) is 41.5 Å². The van der Waals surface area contributed by atoms with Gasteiger partial charge in [-0.3, -0.25) is 9.59 Å². The van der Waals surface area contributed by atoms with Crippen molar-refractivity contribution in [2.24, 2.45) is 5.73 Å². The van der Waals surface area contributed by atoms with E-state index in [0.717, 1.165) is 29.3 Å². The fourth-order valence-electron chi connectivity index (χ4n) is 2.93. The highest BCUT2D eigenvalue weighted by Gasteiger charge is 2.42. The van der Waals surface area contributed by atoms with Crippen LogP contribution in [0.1, 0.15) is 10.4 Å². The van der Waals surface area contributed by atoms with Gasteiger partial charge in [-0.2, -0.15) is 13.2 Å². The van der Waals surface area contributed by atoms with Gasteiger partial charge in [0, 0.05) is 11.3 Å². The van der Waals surface area contributed by atoms with E-state index in [4.69, 9.17) is 5.73 Å². The van der Waals surface area contributed by atoms with Crippen molar-refractivity contribution in [3.8, 4) is 16.9 Å². The number of amides is 2. The molecule has 0 aromatic heterocycles. The summed E-state index contributed by atoms with van der Waals surface area (Å²) >= 11 is 0. The first-order valence-corrected chi connectivity index (χ1v) is 9.83. The quantitative estimate of drug-likeness (QED) is 0.401. The second-order valence-electron chi connectivity index (χ2n) is 7.16. The Kier molecular flexibility index (Phi) is 7.34. The van der Waals surface area contributed by atoms with Gasteiger partial charge in [-0.15, -0.1) is 13.2 Å². The van der Waals surface area contributed by atoms with Crippen molar-refractivity contribution in [2.45, 2.75) is 18.6 Å². The summed E-state index contributed by atoms with van der Waals surface area (Å²) in [6.07, 6.45) is -10.3. The number of hydrogen-bond donors (Lipinski definition) is 3. The minimum absolute atomic E-state index is 0.118. The second-order valence-corrected chi connectivity index (χ2v) is 7.16. The molecule has 0 bridgehead atoms. The number of rotatable bonds is 6. The van der Waals surface area contributed by atoms with Crippen LogP contribution in [0.15, 0.2) is 72.8 Å². The SMILES string of the molecule is N[C@H](C(=O)Nc1cc(NC(=O)c2ccc(-c3ccccc3)cc2)ccc1OC(F)(F)F)C(F)(F)F. The van der Waals surface area contributed by atoms with E-state index in [0.29, 0.717) is 0 Å². The topological polar surface area (TPSA) is 93.5 Å². The predicted octanol–water partition coefficient (Wildman–Crippen LogP) is 5.33. The lowest BCUT2D eigenvalue weighted by Crippen LogP contribution is -2.47. The van der Waals surface area contributed by atoms with Crippen LogP contribution in [-0.4, -0.2) is 30.4 Å². The molecule has 0 aliphatic rings. The molecule has 0 saturated heterocycles. The molecule has 0 spiro atoms. The van der Waals surface area contributed by atoms with Crippen LogP contribution in [0, 0.1) is 0 Å². The van der Waals surface area contributed by atoms with E-state index in [1.165, 1.54) is 12.1 Å². The number of carbonyl (C=O) groups is 2. The number of benzene rings is 3. The van der Waals surface area contributed by atoms with E-state index < -0.39 is 41.8 Å². The highest BCUT2D eigenvalue weighted by molar-refractivity contribution is 6.05. The van der Waals surface area contributed by atoms with Gasteiger partial charge in [0.05, 0.1) is 5.69 Å². The van der Waals surface area contributed by atoms with Crippen LogP contribution in [0.2, 0.25) is 0 Å². The number of nitrogens with one attached hydrogen (secondary N) is 2. The molecule has 12 heteroatoms. The standard InChI is InChI=1S/C23H17F6N3O3/c24-22(25,26)19(30)21(34)32-17-12-16(10-11-18(17)35-23(27,28)29)31-20(33)15-8-6-14(7-9-15)13-4-2-1-3-5-13/h1-12,19H,30H2,(H,31,33)(H,32,34)/t19-/m1/s1. The Bertz CT molecular complexity index is 1200. The van der Waals surface area contributed by atoms with Crippen LogP contribution in [0.3, 0.4) is 0 Å². The van der Waals surface area contributed by atoms with Gasteiger partial charge in [-0.1, -0.05) is 42.5 Å². The van der Waals surface area contributed by atoms with E-state index in [2.05, 4.69) is 10.1 Å². The third kappa shape index (κ3) is 6.96. The molecule has 0 fully saturated rings. The molecular weight excluding hydrogens is 480 g/mol. The second kappa shape index (κ2) is 10.1. The van der Waals surface area contributed by atoms with Gasteiger partial charge in [0.25, 0.3) is 11.8 Å². The van der Waals surface area contributed by atoms with Crippen molar-refractivity contribution >= 4 is 23.2 Å². The van der Waals surface area contributed by atoms with Crippen molar-refractivity contribution in [3.05, 3.63) is 78.4 Å². The van der Waals surface area contributed by atoms with Crippen molar-refractivity contribution in [1.29, 1.82) is 0 Å². The van der Waals surface area contributed by atoms with E-state index >= 15 is 0 Å². The molecule has 3 aromatic rings. The maximum absolute atomic E-state index is 12.7. The Labute approximate surface area is 194 Å². The number of ether oxygens (including phenoxy) is 1. The summed E-state index contributed by atoms with van der Waals surface area (Å²) in [4.78, 5) is 24.4. The lowest BCUT2D eigenvalue weighted by atomic mass is 10.0. The minimum atomic E-state index is -5.20. The summed E-state index contributed by atoms with van der Waals surface area (Å²) in [6, 6.07) is 15.3. The summed E-state index contributed by atoms with van der Waals surface area (Å²) < 4.78 is 79.9. The summed E-state index contributed by atoms with van der Waals surface area (Å²) in [7, 11) is 0. The van der Waals surface area contributed by atoms with Crippen LogP contribution < -0.4 is 21.1 Å². The molecule has 4 N–H and O–H groups in total. The van der Waals surface area contributed by atoms with E-state index in [-0.39, 0.29) is 11.3 Å². The van der Waals surface area contributed by atoms with Crippen molar-refractivity contribution in [1.82, 2.24) is 0 Å². The minimum Gasteiger partial charge on any atom is -0.404 e. The van der Waals surface area contributed by atoms with E-state index in [9.17, 15) is 35.9 Å². The largest absolute Gasteiger partial charge is 0.573 e. The fraction of sp³-hybridized carbons (Fsp3) is 0.130. The molecule has 0 unspecified atom stereocenters. The smallest absolute Gasteiger partial charge is 0.404 e. The highest BCUT2D eigenvalue weighted by atomic mass is 19.4. The molecule has 0 radical (unpaired) electrons. The molecule has 0 saturated carbocycles. The summed E-state index contributed by atoms with van der Waals surface area (Å²) in [5.41, 5.74) is 5.85.